The fraction of sp³-hybridized carbons (Fsp3) is 0.318. The van der Waals surface area contributed by atoms with Gasteiger partial charge in [0.1, 0.15) is 11.8 Å². The van der Waals surface area contributed by atoms with E-state index in [0.29, 0.717) is 30.1 Å². The molecule has 1 atom stereocenters. The Labute approximate surface area is 170 Å². The predicted molar refractivity (Wildman–Crippen MR) is 110 cm³/mol. The second kappa shape index (κ2) is 9.23. The molecule has 7 heteroatoms. The van der Waals surface area contributed by atoms with Crippen LogP contribution in [0.5, 0.6) is 5.75 Å². The smallest absolute Gasteiger partial charge is 0.258 e. The predicted octanol–water partition coefficient (Wildman–Crippen LogP) is 2.23. The van der Waals surface area contributed by atoms with Gasteiger partial charge in [0.25, 0.3) is 5.91 Å². The Balaban J connectivity index is 1.74. The van der Waals surface area contributed by atoms with Crippen molar-refractivity contribution in [3.8, 4) is 5.75 Å². The third kappa shape index (κ3) is 4.74. The molecule has 0 spiro atoms. The van der Waals surface area contributed by atoms with Gasteiger partial charge in [0.2, 0.25) is 11.8 Å². The van der Waals surface area contributed by atoms with E-state index in [2.05, 4.69) is 17.6 Å². The van der Waals surface area contributed by atoms with Crippen LogP contribution in [0.4, 0.5) is 5.69 Å². The SMILES string of the molecule is CCc1ccc(NC(=O)C[C@@H]2C(=O)NCCN2C(=O)c2ccccc2OC)cc1. The number of nitrogens with zero attached hydrogens (tertiary/aromatic N) is 1. The zero-order valence-corrected chi connectivity index (χ0v) is 16.6. The van der Waals surface area contributed by atoms with E-state index in [1.165, 1.54) is 17.6 Å². The van der Waals surface area contributed by atoms with Gasteiger partial charge >= 0.3 is 0 Å². The summed E-state index contributed by atoms with van der Waals surface area (Å²) in [6.07, 6.45) is 0.790. The summed E-state index contributed by atoms with van der Waals surface area (Å²) in [5.41, 5.74) is 2.19. The van der Waals surface area contributed by atoms with Crippen LogP contribution in [0.2, 0.25) is 0 Å². The second-order valence-electron chi connectivity index (χ2n) is 6.81. The van der Waals surface area contributed by atoms with E-state index in [9.17, 15) is 14.4 Å². The van der Waals surface area contributed by atoms with Gasteiger partial charge in [-0.15, -0.1) is 0 Å². The maximum absolute atomic E-state index is 13.1. The molecule has 152 valence electrons. The summed E-state index contributed by atoms with van der Waals surface area (Å²) in [7, 11) is 1.49. The molecule has 0 radical (unpaired) electrons. The molecule has 2 N–H and O–H groups in total. The minimum atomic E-state index is -0.879. The number of amides is 3. The van der Waals surface area contributed by atoms with Gasteiger partial charge in [0, 0.05) is 18.8 Å². The molecular formula is C22H25N3O4. The van der Waals surface area contributed by atoms with Crippen molar-refractivity contribution in [3.05, 3.63) is 59.7 Å². The third-order valence-electron chi connectivity index (χ3n) is 4.95. The molecular weight excluding hydrogens is 370 g/mol. The number of benzene rings is 2. The van der Waals surface area contributed by atoms with Crippen LogP contribution in [0.25, 0.3) is 0 Å². The van der Waals surface area contributed by atoms with Crippen molar-refractivity contribution in [2.24, 2.45) is 0 Å². The first-order chi connectivity index (χ1) is 14.0. The monoisotopic (exact) mass is 395 g/mol. The highest BCUT2D eigenvalue weighted by Gasteiger charge is 2.35. The summed E-state index contributed by atoms with van der Waals surface area (Å²) in [5.74, 6) is -0.560. The van der Waals surface area contributed by atoms with Crippen molar-refractivity contribution in [2.45, 2.75) is 25.8 Å². The Bertz CT molecular complexity index is 895. The number of carbonyl (C=O) groups is 3. The second-order valence-corrected chi connectivity index (χ2v) is 6.81. The number of nitrogens with one attached hydrogen (secondary N) is 2. The van der Waals surface area contributed by atoms with Crippen LogP contribution in [0, 0.1) is 0 Å². The average molecular weight is 395 g/mol. The van der Waals surface area contributed by atoms with E-state index in [0.717, 1.165) is 6.42 Å². The molecule has 2 aromatic carbocycles. The minimum Gasteiger partial charge on any atom is -0.496 e. The number of anilines is 1. The number of rotatable bonds is 6. The maximum atomic E-state index is 13.1. The number of hydrogen-bond donors (Lipinski definition) is 2. The lowest BCUT2D eigenvalue weighted by molar-refractivity contribution is -0.131. The van der Waals surface area contributed by atoms with E-state index in [1.54, 1.807) is 24.3 Å². The van der Waals surface area contributed by atoms with Gasteiger partial charge in [-0.1, -0.05) is 31.2 Å². The normalized spacial score (nSPS) is 16.1. The van der Waals surface area contributed by atoms with Gasteiger partial charge in [-0.25, -0.2) is 0 Å². The lowest BCUT2D eigenvalue weighted by atomic mass is 10.1. The largest absolute Gasteiger partial charge is 0.496 e. The molecule has 3 amide bonds. The quantitative estimate of drug-likeness (QED) is 0.785. The van der Waals surface area contributed by atoms with Crippen molar-refractivity contribution < 1.29 is 19.1 Å². The number of piperazine rings is 1. The Hall–Kier alpha value is -3.35. The van der Waals surface area contributed by atoms with Crippen LogP contribution in [-0.4, -0.2) is 48.9 Å². The van der Waals surface area contributed by atoms with E-state index in [-0.39, 0.29) is 24.1 Å². The number of methoxy groups -OCH3 is 1. The molecule has 3 rings (SSSR count). The third-order valence-corrected chi connectivity index (χ3v) is 4.95. The zero-order chi connectivity index (χ0) is 20.8. The van der Waals surface area contributed by atoms with E-state index in [4.69, 9.17) is 4.74 Å². The van der Waals surface area contributed by atoms with Crippen LogP contribution < -0.4 is 15.4 Å². The summed E-state index contributed by atoms with van der Waals surface area (Å²) in [5, 5.41) is 5.54. The van der Waals surface area contributed by atoms with Crippen molar-refractivity contribution in [1.82, 2.24) is 10.2 Å². The Morgan fingerprint density at radius 3 is 2.59 bits per heavy atom. The van der Waals surface area contributed by atoms with Crippen LogP contribution in [0.1, 0.15) is 29.3 Å². The molecule has 0 aromatic heterocycles. The first kappa shape index (κ1) is 20.4. The standard InChI is InChI=1S/C22H25N3O4/c1-3-15-8-10-16(11-9-15)24-20(26)14-18-21(27)23-12-13-25(18)22(28)17-6-4-5-7-19(17)29-2/h4-11,18H,3,12-14H2,1-2H3,(H,23,27)(H,24,26)/t18-/m1/s1. The van der Waals surface area contributed by atoms with Gasteiger partial charge < -0.3 is 20.3 Å². The first-order valence-corrected chi connectivity index (χ1v) is 9.64. The number of para-hydroxylation sites is 1. The lowest BCUT2D eigenvalue weighted by Crippen LogP contribution is -2.58. The maximum Gasteiger partial charge on any atom is 0.258 e. The lowest BCUT2D eigenvalue weighted by Gasteiger charge is -2.35. The van der Waals surface area contributed by atoms with Crippen molar-refractivity contribution >= 4 is 23.4 Å². The van der Waals surface area contributed by atoms with E-state index in [1.807, 2.05) is 24.3 Å². The zero-order valence-electron chi connectivity index (χ0n) is 16.6. The number of aryl methyl sites for hydroxylation is 1. The summed E-state index contributed by atoms with van der Waals surface area (Å²) in [6.45, 7) is 2.73. The molecule has 2 aromatic rings. The van der Waals surface area contributed by atoms with Crippen molar-refractivity contribution in [3.63, 3.8) is 0 Å². The molecule has 1 saturated heterocycles. The molecule has 7 nitrogen and oxygen atoms in total. The molecule has 1 aliphatic rings. The van der Waals surface area contributed by atoms with Crippen LogP contribution in [0.15, 0.2) is 48.5 Å². The summed E-state index contributed by atoms with van der Waals surface area (Å²) >= 11 is 0. The van der Waals surface area contributed by atoms with E-state index >= 15 is 0 Å². The highest BCUT2D eigenvalue weighted by molar-refractivity contribution is 6.02. The van der Waals surface area contributed by atoms with Crippen molar-refractivity contribution in [2.75, 3.05) is 25.5 Å². The molecule has 1 heterocycles. The topological polar surface area (TPSA) is 87.7 Å². The van der Waals surface area contributed by atoms with Crippen molar-refractivity contribution in [1.29, 1.82) is 0 Å². The van der Waals surface area contributed by atoms with E-state index < -0.39 is 6.04 Å². The molecule has 0 bridgehead atoms. The number of carbonyl (C=O) groups excluding carboxylic acids is 3. The van der Waals surface area contributed by atoms with Crippen LogP contribution in [0.3, 0.4) is 0 Å². The fourth-order valence-electron chi connectivity index (χ4n) is 3.35. The summed E-state index contributed by atoms with van der Waals surface area (Å²) in [4.78, 5) is 39.5. The molecule has 29 heavy (non-hydrogen) atoms. The van der Waals surface area contributed by atoms with Gasteiger partial charge in [-0.05, 0) is 36.2 Å². The average Bonchev–Trinajstić information content (AvgIpc) is 2.75. The molecule has 1 aliphatic heterocycles. The molecule has 0 unspecified atom stereocenters. The highest BCUT2D eigenvalue weighted by atomic mass is 16.5. The Morgan fingerprint density at radius 1 is 1.17 bits per heavy atom. The number of ether oxygens (including phenoxy) is 1. The van der Waals surface area contributed by atoms with Crippen LogP contribution >= 0.6 is 0 Å². The first-order valence-electron chi connectivity index (χ1n) is 9.64. The number of hydrogen-bond acceptors (Lipinski definition) is 4. The van der Waals surface area contributed by atoms with Crippen LogP contribution in [-0.2, 0) is 16.0 Å². The fourth-order valence-corrected chi connectivity index (χ4v) is 3.35. The molecule has 1 fully saturated rings. The molecule has 0 aliphatic carbocycles. The summed E-state index contributed by atoms with van der Waals surface area (Å²) < 4.78 is 5.27. The highest BCUT2D eigenvalue weighted by Crippen LogP contribution is 2.22. The van der Waals surface area contributed by atoms with Gasteiger partial charge in [-0.2, -0.15) is 0 Å². The van der Waals surface area contributed by atoms with Gasteiger partial charge in [0.05, 0.1) is 19.1 Å². The molecule has 0 saturated carbocycles. The van der Waals surface area contributed by atoms with Gasteiger partial charge in [0.15, 0.2) is 0 Å². The Kier molecular flexibility index (Phi) is 6.49. The van der Waals surface area contributed by atoms with Gasteiger partial charge in [-0.3, -0.25) is 14.4 Å². The minimum absolute atomic E-state index is 0.123. The Morgan fingerprint density at radius 2 is 1.90 bits per heavy atom. The summed E-state index contributed by atoms with van der Waals surface area (Å²) in [6, 6.07) is 13.5.